The van der Waals surface area contributed by atoms with Crippen LogP contribution in [-0.4, -0.2) is 29.7 Å². The first-order chi connectivity index (χ1) is 15.5. The molecule has 10 nitrogen and oxygen atoms in total. The van der Waals surface area contributed by atoms with Crippen LogP contribution >= 0.6 is 0 Å². The van der Waals surface area contributed by atoms with E-state index in [1.54, 1.807) is 23.6 Å². The Balaban J connectivity index is 1.64. The molecule has 1 saturated carbocycles. The zero-order valence-electron chi connectivity index (χ0n) is 17.5. The van der Waals surface area contributed by atoms with Crippen molar-refractivity contribution in [3.05, 3.63) is 52.4 Å². The number of benzene rings is 1. The number of nitrogens with one attached hydrogen (secondary N) is 1. The summed E-state index contributed by atoms with van der Waals surface area (Å²) in [6.07, 6.45) is 3.60. The number of fused-ring (bicyclic) bond motifs is 1. The average molecular weight is 436 g/mol. The molecule has 1 aromatic carbocycles. The van der Waals surface area contributed by atoms with Crippen LogP contribution in [0.25, 0.3) is 22.3 Å². The van der Waals surface area contributed by atoms with Gasteiger partial charge in [-0.1, -0.05) is 18.1 Å². The molecule has 164 valence electrons. The first-order valence-corrected chi connectivity index (χ1v) is 10.4. The normalized spacial score (nSPS) is 14.6. The van der Waals surface area contributed by atoms with E-state index in [-0.39, 0.29) is 28.6 Å². The molecule has 0 spiro atoms. The van der Waals surface area contributed by atoms with Crippen LogP contribution in [0, 0.1) is 12.7 Å². The lowest BCUT2D eigenvalue weighted by Gasteiger charge is -2.23. The summed E-state index contributed by atoms with van der Waals surface area (Å²) in [5.74, 6) is 1.16. The van der Waals surface area contributed by atoms with E-state index in [1.165, 1.54) is 12.4 Å². The van der Waals surface area contributed by atoms with Crippen LogP contribution in [-0.2, 0) is 0 Å². The van der Waals surface area contributed by atoms with Crippen LogP contribution in [0.5, 0.6) is 0 Å². The molecule has 11 heteroatoms. The summed E-state index contributed by atoms with van der Waals surface area (Å²) >= 11 is 0. The lowest BCUT2D eigenvalue weighted by Crippen LogP contribution is -2.29. The largest absolute Gasteiger partial charge is 0.383 e. The van der Waals surface area contributed by atoms with Gasteiger partial charge in [0, 0.05) is 13.0 Å². The number of halogens is 1. The topological polar surface area (TPSA) is 138 Å². The molecule has 3 heterocycles. The molecular weight excluding hydrogens is 415 g/mol. The third-order valence-electron chi connectivity index (χ3n) is 5.48. The summed E-state index contributed by atoms with van der Waals surface area (Å²) in [4.78, 5) is 30.5. The second-order valence-electron chi connectivity index (χ2n) is 7.73. The number of hydrogen-bond acceptors (Lipinski definition) is 9. The third-order valence-corrected chi connectivity index (χ3v) is 5.48. The zero-order chi connectivity index (χ0) is 22.4. The van der Waals surface area contributed by atoms with Crippen molar-refractivity contribution in [2.24, 2.45) is 0 Å². The van der Waals surface area contributed by atoms with Gasteiger partial charge in [0.05, 0.1) is 11.6 Å². The van der Waals surface area contributed by atoms with Crippen molar-refractivity contribution in [3.63, 3.8) is 0 Å². The van der Waals surface area contributed by atoms with Gasteiger partial charge in [0.15, 0.2) is 0 Å². The molecule has 0 saturated heterocycles. The van der Waals surface area contributed by atoms with Crippen LogP contribution < -0.4 is 16.6 Å². The third kappa shape index (κ3) is 3.35. The van der Waals surface area contributed by atoms with Crippen molar-refractivity contribution in [1.29, 1.82) is 0 Å². The van der Waals surface area contributed by atoms with Crippen molar-refractivity contribution in [2.75, 3.05) is 11.1 Å². The monoisotopic (exact) mass is 436 g/mol. The van der Waals surface area contributed by atoms with E-state index in [0.717, 1.165) is 12.8 Å². The minimum atomic E-state index is -0.569. The van der Waals surface area contributed by atoms with Gasteiger partial charge in [-0.2, -0.15) is 4.98 Å². The summed E-state index contributed by atoms with van der Waals surface area (Å²) in [7, 11) is 0. The second kappa shape index (κ2) is 7.66. The van der Waals surface area contributed by atoms with E-state index in [0.29, 0.717) is 35.0 Å². The van der Waals surface area contributed by atoms with Crippen molar-refractivity contribution in [2.45, 2.75) is 45.2 Å². The number of nitrogen functional groups attached to an aromatic ring is 1. The summed E-state index contributed by atoms with van der Waals surface area (Å²) < 4.78 is 21.1. The number of rotatable bonds is 6. The average Bonchev–Trinajstić information content (AvgIpc) is 3.51. The van der Waals surface area contributed by atoms with E-state index >= 15 is 0 Å². The quantitative estimate of drug-likeness (QED) is 0.467. The van der Waals surface area contributed by atoms with E-state index in [4.69, 9.17) is 15.2 Å². The first-order valence-electron chi connectivity index (χ1n) is 10.4. The van der Waals surface area contributed by atoms with Crippen molar-refractivity contribution in [1.82, 2.24) is 29.7 Å². The number of anilines is 2. The molecule has 0 unspecified atom stereocenters. The highest BCUT2D eigenvalue weighted by molar-refractivity contribution is 5.80. The summed E-state index contributed by atoms with van der Waals surface area (Å²) in [5.41, 5.74) is 6.44. The maximum absolute atomic E-state index is 14.4. The van der Waals surface area contributed by atoms with Gasteiger partial charge in [0.1, 0.15) is 40.6 Å². The Morgan fingerprint density at radius 2 is 2.12 bits per heavy atom. The van der Waals surface area contributed by atoms with Gasteiger partial charge in [-0.05, 0) is 31.4 Å². The van der Waals surface area contributed by atoms with Gasteiger partial charge in [-0.15, -0.1) is 0 Å². The highest BCUT2D eigenvalue weighted by atomic mass is 19.1. The molecule has 0 aliphatic heterocycles. The fourth-order valence-electron chi connectivity index (χ4n) is 3.79. The minimum Gasteiger partial charge on any atom is -0.383 e. The van der Waals surface area contributed by atoms with Crippen LogP contribution in [0.2, 0.25) is 0 Å². The first kappa shape index (κ1) is 20.0. The van der Waals surface area contributed by atoms with E-state index < -0.39 is 11.9 Å². The molecule has 0 radical (unpaired) electrons. The van der Waals surface area contributed by atoms with Gasteiger partial charge < -0.3 is 15.6 Å². The molecule has 0 bridgehead atoms. The van der Waals surface area contributed by atoms with Crippen LogP contribution in [0.3, 0.4) is 0 Å². The lowest BCUT2D eigenvalue weighted by molar-refractivity contribution is 0.394. The summed E-state index contributed by atoms with van der Waals surface area (Å²) in [6, 6.07) is 4.06. The molecule has 3 aromatic heterocycles. The van der Waals surface area contributed by atoms with Crippen molar-refractivity contribution in [3.8, 4) is 11.4 Å². The molecule has 1 aliphatic carbocycles. The molecular formula is C21H21FN8O2. The molecule has 32 heavy (non-hydrogen) atoms. The lowest BCUT2D eigenvalue weighted by atomic mass is 10.1. The predicted molar refractivity (Wildman–Crippen MR) is 115 cm³/mol. The van der Waals surface area contributed by atoms with Crippen LogP contribution in [0.15, 0.2) is 33.8 Å². The number of hydrogen-bond donors (Lipinski definition) is 2. The Morgan fingerprint density at radius 1 is 1.31 bits per heavy atom. The fourth-order valence-corrected chi connectivity index (χ4v) is 3.79. The van der Waals surface area contributed by atoms with Crippen LogP contribution in [0.1, 0.15) is 50.0 Å². The Labute approximate surface area is 181 Å². The van der Waals surface area contributed by atoms with Crippen molar-refractivity contribution < 1.29 is 8.91 Å². The highest BCUT2D eigenvalue weighted by Gasteiger charge is 2.32. The van der Waals surface area contributed by atoms with E-state index in [9.17, 15) is 9.18 Å². The smallest absolute Gasteiger partial charge is 0.264 e. The predicted octanol–water partition coefficient (Wildman–Crippen LogP) is 3.16. The van der Waals surface area contributed by atoms with Crippen LogP contribution in [0.4, 0.5) is 16.0 Å². The fraction of sp³-hybridized carbons (Fsp3) is 0.333. The Hall–Kier alpha value is -3.89. The maximum atomic E-state index is 14.4. The van der Waals surface area contributed by atoms with Gasteiger partial charge >= 0.3 is 0 Å². The highest BCUT2D eigenvalue weighted by Crippen LogP contribution is 2.38. The molecule has 5 rings (SSSR count). The zero-order valence-corrected chi connectivity index (χ0v) is 17.5. The van der Waals surface area contributed by atoms with E-state index in [1.807, 2.05) is 6.92 Å². The van der Waals surface area contributed by atoms with Gasteiger partial charge in [-0.3, -0.25) is 9.36 Å². The molecule has 1 atom stereocenters. The Bertz CT molecular complexity index is 1380. The summed E-state index contributed by atoms with van der Waals surface area (Å²) in [5, 5.41) is 7.26. The van der Waals surface area contributed by atoms with Gasteiger partial charge in [-0.25, -0.2) is 19.3 Å². The number of nitrogens with zero attached hydrogens (tertiary/aromatic N) is 6. The molecule has 1 fully saturated rings. The minimum absolute atomic E-state index is 0.000322. The van der Waals surface area contributed by atoms with Crippen molar-refractivity contribution >= 4 is 22.5 Å². The Morgan fingerprint density at radius 3 is 2.81 bits per heavy atom. The van der Waals surface area contributed by atoms with Gasteiger partial charge in [0.2, 0.25) is 11.7 Å². The number of nitrogens with two attached hydrogens (primary N) is 1. The number of aromatic nitrogens is 6. The molecule has 3 N–H and O–H groups in total. The SMILES string of the molecule is CC[C@H](Nc1ncnc(N)c1-c1noc(C)n1)c1nc2cccc(F)c2c(=O)n1C1CC1. The van der Waals surface area contributed by atoms with E-state index in [2.05, 4.69) is 25.4 Å². The van der Waals surface area contributed by atoms with Gasteiger partial charge in [0.25, 0.3) is 5.56 Å². The molecule has 1 aliphatic rings. The second-order valence-corrected chi connectivity index (χ2v) is 7.73. The maximum Gasteiger partial charge on any atom is 0.264 e. The molecule has 0 amide bonds. The summed E-state index contributed by atoms with van der Waals surface area (Å²) in [6.45, 7) is 3.63. The Kier molecular flexibility index (Phi) is 4.80. The standard InChI is InChI=1S/C21H21FN8O2/c1-3-13(27-18-16(17(23)24-9-25-18)19-26-10(2)32-29-19)20-28-14-6-4-5-12(22)15(14)21(31)30(20)11-7-8-11/h4-6,9,11,13H,3,7-8H2,1-2H3,(H3,23,24,25,27)/t13-/m0/s1. The number of aryl methyl sites for hydroxylation is 1. The molecule has 4 aromatic rings.